The number of nitriles is 1. The summed E-state index contributed by atoms with van der Waals surface area (Å²) in [4.78, 5) is 21.6. The van der Waals surface area contributed by atoms with E-state index in [1.807, 2.05) is 0 Å². The van der Waals surface area contributed by atoms with Gasteiger partial charge in [0.15, 0.2) is 0 Å². The fraction of sp³-hybridized carbons (Fsp3) is 0.300. The number of carbonyl (C=O) groups excluding carboxylic acids is 1. The van der Waals surface area contributed by atoms with Gasteiger partial charge in [0.05, 0.1) is 11.6 Å². The first-order chi connectivity index (χ1) is 7.02. The maximum Gasteiger partial charge on any atom is 0.336 e. The molecular weight excluding hydrogens is 198 g/mol. The van der Waals surface area contributed by atoms with Crippen LogP contribution in [-0.2, 0) is 14.3 Å². The molecule has 0 fully saturated rings. The van der Waals surface area contributed by atoms with Crippen LogP contribution in [-0.4, -0.2) is 17.0 Å². The van der Waals surface area contributed by atoms with Crippen molar-refractivity contribution in [3.8, 4) is 6.07 Å². The van der Waals surface area contributed by atoms with E-state index in [0.717, 1.165) is 12.2 Å². The van der Waals surface area contributed by atoms with Gasteiger partial charge < -0.3 is 9.84 Å². The van der Waals surface area contributed by atoms with Gasteiger partial charge in [0.2, 0.25) is 0 Å². The van der Waals surface area contributed by atoms with Gasteiger partial charge in [0, 0.05) is 18.6 Å². The summed E-state index contributed by atoms with van der Waals surface area (Å²) in [5, 5.41) is 16.8. The zero-order chi connectivity index (χ0) is 11.8. The Morgan fingerprint density at radius 1 is 1.53 bits per heavy atom. The smallest absolute Gasteiger partial charge is 0.336 e. The highest BCUT2D eigenvalue weighted by Crippen LogP contribution is 2.10. The summed E-state index contributed by atoms with van der Waals surface area (Å²) in [5.74, 6) is -1.80. The summed E-state index contributed by atoms with van der Waals surface area (Å²) < 4.78 is 4.75. The van der Waals surface area contributed by atoms with E-state index in [1.165, 1.54) is 6.92 Å². The highest BCUT2D eigenvalue weighted by atomic mass is 16.5. The molecule has 0 aromatic rings. The van der Waals surface area contributed by atoms with Crippen molar-refractivity contribution in [2.24, 2.45) is 0 Å². The van der Waals surface area contributed by atoms with Crippen molar-refractivity contribution >= 4 is 11.9 Å². The number of allylic oxidation sites excluding steroid dienone is 2. The standard InChI is InChI=1S/C10H11NO4/c1-3-8(7(2)10(13)14)15-9(12)5-4-6-11/h4-5H,3H2,1-2H3,(H,13,14). The molecule has 0 radical (unpaired) electrons. The van der Waals surface area contributed by atoms with Gasteiger partial charge in [-0.15, -0.1) is 0 Å². The van der Waals surface area contributed by atoms with E-state index < -0.39 is 11.9 Å². The fourth-order valence-electron chi connectivity index (χ4n) is 0.794. The minimum Gasteiger partial charge on any atom is -0.478 e. The summed E-state index contributed by atoms with van der Waals surface area (Å²) in [6, 6.07) is 1.63. The third-order valence-electron chi connectivity index (χ3n) is 1.58. The maximum absolute atomic E-state index is 11.0. The van der Waals surface area contributed by atoms with E-state index in [1.54, 1.807) is 13.0 Å². The number of esters is 1. The van der Waals surface area contributed by atoms with Crippen molar-refractivity contribution in [1.29, 1.82) is 5.26 Å². The molecule has 5 heteroatoms. The van der Waals surface area contributed by atoms with E-state index in [0.29, 0.717) is 6.42 Å². The number of rotatable bonds is 4. The van der Waals surface area contributed by atoms with Crippen LogP contribution in [0.1, 0.15) is 20.3 Å². The van der Waals surface area contributed by atoms with Gasteiger partial charge in [-0.2, -0.15) is 5.26 Å². The fourth-order valence-corrected chi connectivity index (χ4v) is 0.794. The third kappa shape index (κ3) is 4.62. The predicted molar refractivity (Wildman–Crippen MR) is 51.5 cm³/mol. The third-order valence-corrected chi connectivity index (χ3v) is 1.58. The molecule has 80 valence electrons. The van der Waals surface area contributed by atoms with Gasteiger partial charge in [0.1, 0.15) is 5.76 Å². The second kappa shape index (κ2) is 6.38. The first kappa shape index (κ1) is 12.9. The Labute approximate surface area is 87.3 Å². The van der Waals surface area contributed by atoms with Crippen LogP contribution in [0.5, 0.6) is 0 Å². The van der Waals surface area contributed by atoms with Crippen LogP contribution in [0.15, 0.2) is 23.5 Å². The van der Waals surface area contributed by atoms with Gasteiger partial charge >= 0.3 is 11.9 Å². The van der Waals surface area contributed by atoms with Crippen LogP contribution in [0.25, 0.3) is 0 Å². The molecule has 0 heterocycles. The SMILES string of the molecule is CCC(OC(=O)C=CC#N)=C(C)C(=O)O. The number of carboxylic acid groups (broad SMARTS) is 1. The van der Waals surface area contributed by atoms with Crippen LogP contribution in [0.2, 0.25) is 0 Å². The molecule has 0 rings (SSSR count). The van der Waals surface area contributed by atoms with E-state index in [2.05, 4.69) is 0 Å². The summed E-state index contributed by atoms with van der Waals surface area (Å²) in [5.41, 5.74) is -0.0174. The lowest BCUT2D eigenvalue weighted by atomic mass is 10.2. The zero-order valence-electron chi connectivity index (χ0n) is 8.48. The molecule has 0 unspecified atom stereocenters. The summed E-state index contributed by atoms with van der Waals surface area (Å²) in [6.07, 6.45) is 2.20. The molecule has 0 amide bonds. The molecule has 0 aliphatic rings. The Morgan fingerprint density at radius 2 is 2.13 bits per heavy atom. The minimum absolute atomic E-state index is 0.0174. The Morgan fingerprint density at radius 3 is 2.53 bits per heavy atom. The number of nitrogens with zero attached hydrogens (tertiary/aromatic N) is 1. The molecule has 15 heavy (non-hydrogen) atoms. The van der Waals surface area contributed by atoms with Crippen molar-refractivity contribution in [3.05, 3.63) is 23.5 Å². The highest BCUT2D eigenvalue weighted by molar-refractivity contribution is 5.88. The molecule has 1 N–H and O–H groups in total. The Kier molecular flexibility index (Phi) is 5.49. The molecular formula is C10H11NO4. The summed E-state index contributed by atoms with van der Waals surface area (Å²) >= 11 is 0. The van der Waals surface area contributed by atoms with Crippen molar-refractivity contribution in [2.45, 2.75) is 20.3 Å². The topological polar surface area (TPSA) is 87.4 Å². The molecule has 0 atom stereocenters. The average molecular weight is 209 g/mol. The minimum atomic E-state index is -1.14. The maximum atomic E-state index is 11.0. The lowest BCUT2D eigenvalue weighted by Crippen LogP contribution is -2.07. The molecule has 0 aromatic carbocycles. The zero-order valence-corrected chi connectivity index (χ0v) is 8.48. The Balaban J connectivity index is 4.69. The van der Waals surface area contributed by atoms with Crippen LogP contribution in [0, 0.1) is 11.3 Å². The molecule has 0 bridgehead atoms. The number of carbonyl (C=O) groups is 2. The van der Waals surface area contributed by atoms with Gasteiger partial charge in [-0.05, 0) is 6.92 Å². The second-order valence-corrected chi connectivity index (χ2v) is 2.59. The first-order valence-corrected chi connectivity index (χ1v) is 4.24. The Hall–Kier alpha value is -2.09. The largest absolute Gasteiger partial charge is 0.478 e. The molecule has 0 spiro atoms. The number of ether oxygens (including phenoxy) is 1. The number of hydrogen-bond donors (Lipinski definition) is 1. The van der Waals surface area contributed by atoms with Crippen LogP contribution in [0.3, 0.4) is 0 Å². The molecule has 0 aromatic heterocycles. The summed E-state index contributed by atoms with van der Waals surface area (Å²) in [7, 11) is 0. The van der Waals surface area contributed by atoms with Crippen molar-refractivity contribution in [1.82, 2.24) is 0 Å². The van der Waals surface area contributed by atoms with Crippen molar-refractivity contribution in [3.63, 3.8) is 0 Å². The van der Waals surface area contributed by atoms with Crippen LogP contribution in [0.4, 0.5) is 0 Å². The average Bonchev–Trinajstić information content (AvgIpc) is 2.21. The lowest BCUT2D eigenvalue weighted by Gasteiger charge is -2.06. The molecule has 0 saturated heterocycles. The van der Waals surface area contributed by atoms with E-state index in [9.17, 15) is 9.59 Å². The number of aliphatic carboxylic acids is 1. The Bertz CT molecular complexity index is 360. The summed E-state index contributed by atoms with van der Waals surface area (Å²) in [6.45, 7) is 3.02. The number of carboxylic acids is 1. The quantitative estimate of drug-likeness (QED) is 0.327. The first-order valence-electron chi connectivity index (χ1n) is 4.24. The molecule has 0 saturated carbocycles. The predicted octanol–water partition coefficient (Wildman–Crippen LogP) is 1.38. The van der Waals surface area contributed by atoms with E-state index in [-0.39, 0.29) is 11.3 Å². The monoisotopic (exact) mass is 209 g/mol. The van der Waals surface area contributed by atoms with Gasteiger partial charge in [-0.3, -0.25) is 0 Å². The second-order valence-electron chi connectivity index (χ2n) is 2.59. The molecule has 5 nitrogen and oxygen atoms in total. The van der Waals surface area contributed by atoms with Crippen LogP contribution >= 0.6 is 0 Å². The van der Waals surface area contributed by atoms with Crippen molar-refractivity contribution < 1.29 is 19.4 Å². The highest BCUT2D eigenvalue weighted by Gasteiger charge is 2.11. The normalized spacial score (nSPS) is 11.8. The van der Waals surface area contributed by atoms with Gasteiger partial charge in [0.25, 0.3) is 0 Å². The van der Waals surface area contributed by atoms with Gasteiger partial charge in [-0.1, -0.05) is 6.92 Å². The van der Waals surface area contributed by atoms with Crippen molar-refractivity contribution in [2.75, 3.05) is 0 Å². The lowest BCUT2D eigenvalue weighted by molar-refractivity contribution is -0.135. The number of hydrogen-bond acceptors (Lipinski definition) is 4. The van der Waals surface area contributed by atoms with E-state index >= 15 is 0 Å². The van der Waals surface area contributed by atoms with Crippen LogP contribution < -0.4 is 0 Å². The van der Waals surface area contributed by atoms with E-state index in [4.69, 9.17) is 15.1 Å². The molecule has 0 aliphatic heterocycles. The van der Waals surface area contributed by atoms with Gasteiger partial charge in [-0.25, -0.2) is 9.59 Å². The molecule has 0 aliphatic carbocycles.